The van der Waals surface area contributed by atoms with Crippen LogP contribution in [-0.2, 0) is 0 Å². The van der Waals surface area contributed by atoms with Crippen LogP contribution in [0.3, 0.4) is 0 Å². The van der Waals surface area contributed by atoms with Gasteiger partial charge in [-0.2, -0.15) is 0 Å². The first-order valence-electron chi connectivity index (χ1n) is 9.72. The monoisotopic (exact) mass is 420 g/mol. The molecule has 1 N–H and O–H groups in total. The summed E-state index contributed by atoms with van der Waals surface area (Å²) >= 11 is 6.16. The Bertz CT molecular complexity index is 872. The Labute approximate surface area is 175 Å². The molecular formula is C21H26ClFN4O2. The van der Waals surface area contributed by atoms with Gasteiger partial charge in [-0.3, -0.25) is 4.79 Å². The second kappa shape index (κ2) is 9.41. The third kappa shape index (κ3) is 5.16. The average molecular weight is 421 g/mol. The minimum absolute atomic E-state index is 0.0852. The lowest BCUT2D eigenvalue weighted by molar-refractivity contribution is 0.0934. The summed E-state index contributed by atoms with van der Waals surface area (Å²) in [5.41, 5.74) is 1.73. The van der Waals surface area contributed by atoms with Gasteiger partial charge in [0.15, 0.2) is 5.69 Å². The molecule has 1 saturated heterocycles. The molecule has 2 heterocycles. The minimum Gasteiger partial charge on any atom is -0.478 e. The van der Waals surface area contributed by atoms with E-state index in [9.17, 15) is 9.18 Å². The molecule has 1 amide bonds. The van der Waals surface area contributed by atoms with Crippen molar-refractivity contribution < 1.29 is 13.9 Å². The van der Waals surface area contributed by atoms with Crippen molar-refractivity contribution in [2.75, 3.05) is 44.7 Å². The number of hydrogen-bond acceptors (Lipinski definition) is 5. The number of carbonyl (C=O) groups excluding carboxylic acids is 1. The summed E-state index contributed by atoms with van der Waals surface area (Å²) < 4.78 is 19.4. The Kier molecular flexibility index (Phi) is 6.92. The lowest BCUT2D eigenvalue weighted by Crippen LogP contribution is -2.45. The van der Waals surface area contributed by atoms with Crippen LogP contribution in [0.1, 0.15) is 35.9 Å². The molecule has 156 valence electrons. The number of nitrogens with one attached hydrogen (secondary N) is 1. The number of piperazine rings is 1. The van der Waals surface area contributed by atoms with Gasteiger partial charge in [-0.15, -0.1) is 0 Å². The molecule has 0 aliphatic carbocycles. The molecule has 29 heavy (non-hydrogen) atoms. The molecule has 1 aliphatic heterocycles. The van der Waals surface area contributed by atoms with Crippen molar-refractivity contribution in [2.24, 2.45) is 0 Å². The molecule has 0 saturated carbocycles. The molecule has 3 rings (SSSR count). The minimum atomic E-state index is -0.433. The van der Waals surface area contributed by atoms with E-state index in [1.54, 1.807) is 18.2 Å². The number of halogens is 2. The van der Waals surface area contributed by atoms with Crippen LogP contribution in [0.5, 0.6) is 5.88 Å². The van der Waals surface area contributed by atoms with Gasteiger partial charge < -0.3 is 19.9 Å². The number of anilines is 1. The van der Waals surface area contributed by atoms with E-state index in [0.717, 1.165) is 37.4 Å². The van der Waals surface area contributed by atoms with E-state index < -0.39 is 11.9 Å². The Morgan fingerprint density at radius 2 is 2.00 bits per heavy atom. The highest BCUT2D eigenvalue weighted by molar-refractivity contribution is 6.33. The van der Waals surface area contributed by atoms with Crippen LogP contribution in [-0.4, -0.2) is 55.6 Å². The van der Waals surface area contributed by atoms with Crippen molar-refractivity contribution in [3.63, 3.8) is 0 Å². The highest BCUT2D eigenvalue weighted by atomic mass is 35.5. The fourth-order valence-electron chi connectivity index (χ4n) is 3.36. The molecule has 1 fully saturated rings. The van der Waals surface area contributed by atoms with Crippen LogP contribution in [0.2, 0.25) is 5.02 Å². The Balaban J connectivity index is 1.82. The fraction of sp³-hybridized carbons (Fsp3) is 0.429. The van der Waals surface area contributed by atoms with Crippen LogP contribution in [0.15, 0.2) is 30.3 Å². The highest BCUT2D eigenvalue weighted by Crippen LogP contribution is 2.29. The summed E-state index contributed by atoms with van der Waals surface area (Å²) in [6, 6.07) is 7.47. The lowest BCUT2D eigenvalue weighted by Gasteiger charge is -2.36. The molecule has 1 unspecified atom stereocenters. The molecule has 1 aromatic carbocycles. The number of rotatable bonds is 6. The van der Waals surface area contributed by atoms with E-state index in [2.05, 4.69) is 27.1 Å². The zero-order valence-corrected chi connectivity index (χ0v) is 17.7. The number of carbonyl (C=O) groups is 1. The topological polar surface area (TPSA) is 57.7 Å². The number of amides is 1. The molecule has 1 atom stereocenters. The maximum Gasteiger partial charge on any atom is 0.272 e. The highest BCUT2D eigenvalue weighted by Gasteiger charge is 2.23. The van der Waals surface area contributed by atoms with Crippen LogP contribution in [0.25, 0.3) is 0 Å². The van der Waals surface area contributed by atoms with Crippen molar-refractivity contribution in [2.45, 2.75) is 19.9 Å². The molecule has 8 heteroatoms. The number of nitrogens with zero attached hydrogens (tertiary/aromatic N) is 3. The third-order valence-corrected chi connectivity index (χ3v) is 5.28. The summed E-state index contributed by atoms with van der Waals surface area (Å²) in [6.45, 7) is 7.65. The van der Waals surface area contributed by atoms with E-state index in [1.165, 1.54) is 12.1 Å². The van der Waals surface area contributed by atoms with Crippen molar-refractivity contribution in [3.8, 4) is 5.88 Å². The van der Waals surface area contributed by atoms with Crippen molar-refractivity contribution >= 4 is 23.2 Å². The SMILES string of the molecule is CCOc1ccc(Cl)c(C(=O)NC(C)c2cc(F)ccc2N2CCN(C)CC2)n1. The summed E-state index contributed by atoms with van der Waals surface area (Å²) in [6.07, 6.45) is 0. The van der Waals surface area contributed by atoms with Gasteiger partial charge in [-0.05, 0) is 45.2 Å². The zero-order valence-electron chi connectivity index (χ0n) is 16.9. The van der Waals surface area contributed by atoms with Gasteiger partial charge in [0.25, 0.3) is 5.91 Å². The lowest BCUT2D eigenvalue weighted by atomic mass is 10.0. The normalized spacial score (nSPS) is 15.8. The van der Waals surface area contributed by atoms with Gasteiger partial charge in [-0.25, -0.2) is 9.37 Å². The largest absolute Gasteiger partial charge is 0.478 e. The van der Waals surface area contributed by atoms with Gasteiger partial charge in [0.1, 0.15) is 5.82 Å². The zero-order chi connectivity index (χ0) is 21.0. The van der Waals surface area contributed by atoms with E-state index in [0.29, 0.717) is 12.5 Å². The fourth-order valence-corrected chi connectivity index (χ4v) is 3.55. The van der Waals surface area contributed by atoms with Crippen molar-refractivity contribution in [1.29, 1.82) is 0 Å². The number of likely N-dealkylation sites (N-methyl/N-ethyl adjacent to an activating group) is 1. The van der Waals surface area contributed by atoms with Crippen molar-refractivity contribution in [1.82, 2.24) is 15.2 Å². The molecular weight excluding hydrogens is 395 g/mol. The predicted molar refractivity (Wildman–Crippen MR) is 112 cm³/mol. The van der Waals surface area contributed by atoms with Crippen LogP contribution < -0.4 is 15.0 Å². The third-order valence-electron chi connectivity index (χ3n) is 4.98. The summed E-state index contributed by atoms with van der Waals surface area (Å²) in [5.74, 6) is -0.440. The summed E-state index contributed by atoms with van der Waals surface area (Å²) in [4.78, 5) is 21.5. The van der Waals surface area contributed by atoms with E-state index in [4.69, 9.17) is 16.3 Å². The molecule has 0 bridgehead atoms. The van der Waals surface area contributed by atoms with Crippen molar-refractivity contribution in [3.05, 3.63) is 52.4 Å². The molecule has 0 spiro atoms. The van der Waals surface area contributed by atoms with Crippen LogP contribution >= 0.6 is 11.6 Å². The van der Waals surface area contributed by atoms with E-state index in [-0.39, 0.29) is 16.5 Å². The second-order valence-corrected chi connectivity index (χ2v) is 7.51. The first kappa shape index (κ1) is 21.3. The Morgan fingerprint density at radius 1 is 1.28 bits per heavy atom. The molecule has 1 aromatic heterocycles. The standard InChI is InChI=1S/C21H26ClFN4O2/c1-4-29-19-8-6-17(22)20(25-19)21(28)24-14(2)16-13-15(23)5-7-18(16)27-11-9-26(3)10-12-27/h5-8,13-14H,4,9-12H2,1-3H3,(H,24,28). The van der Waals surface area contributed by atoms with Gasteiger partial charge in [0.2, 0.25) is 5.88 Å². The van der Waals surface area contributed by atoms with Gasteiger partial charge in [0.05, 0.1) is 17.7 Å². The van der Waals surface area contributed by atoms with Crippen LogP contribution in [0, 0.1) is 5.82 Å². The van der Waals surface area contributed by atoms with E-state index >= 15 is 0 Å². The van der Waals surface area contributed by atoms with E-state index in [1.807, 2.05) is 13.8 Å². The maximum atomic E-state index is 14.0. The molecule has 1 aliphatic rings. The summed E-state index contributed by atoms with van der Waals surface area (Å²) in [7, 11) is 2.08. The number of aromatic nitrogens is 1. The van der Waals surface area contributed by atoms with Gasteiger partial charge in [0, 0.05) is 43.5 Å². The maximum absolute atomic E-state index is 14.0. The van der Waals surface area contributed by atoms with Gasteiger partial charge in [-0.1, -0.05) is 11.6 Å². The smallest absolute Gasteiger partial charge is 0.272 e. The molecule has 2 aromatic rings. The Morgan fingerprint density at radius 3 is 2.69 bits per heavy atom. The molecule has 6 nitrogen and oxygen atoms in total. The number of benzene rings is 1. The number of hydrogen-bond donors (Lipinski definition) is 1. The second-order valence-electron chi connectivity index (χ2n) is 7.10. The quantitative estimate of drug-likeness (QED) is 0.774. The predicted octanol–water partition coefficient (Wildman–Crippen LogP) is 3.52. The van der Waals surface area contributed by atoms with Crippen LogP contribution in [0.4, 0.5) is 10.1 Å². The number of ether oxygens (including phenoxy) is 1. The number of pyridine rings is 1. The summed E-state index contributed by atoms with van der Waals surface area (Å²) in [5, 5.41) is 3.13. The first-order valence-corrected chi connectivity index (χ1v) is 10.1. The first-order chi connectivity index (χ1) is 13.9. The Hall–Kier alpha value is -2.38. The average Bonchev–Trinajstić information content (AvgIpc) is 2.70. The molecule has 0 radical (unpaired) electrons. The van der Waals surface area contributed by atoms with Gasteiger partial charge >= 0.3 is 0 Å².